The van der Waals surface area contributed by atoms with E-state index in [1.807, 2.05) is 0 Å². The van der Waals surface area contributed by atoms with Crippen molar-refractivity contribution in [2.75, 3.05) is 19.7 Å². The van der Waals surface area contributed by atoms with Crippen LogP contribution in [-0.4, -0.2) is 42.6 Å². The quantitative estimate of drug-likeness (QED) is 0.877. The monoisotopic (exact) mass is 270 g/mol. The fourth-order valence-electron chi connectivity index (χ4n) is 2.01. The maximum atomic E-state index is 13.6. The van der Waals surface area contributed by atoms with E-state index in [2.05, 4.69) is 0 Å². The summed E-state index contributed by atoms with van der Waals surface area (Å²) in [6, 6.07) is 2.72. The lowest BCUT2D eigenvalue weighted by molar-refractivity contribution is -0.0301. The van der Waals surface area contributed by atoms with Crippen molar-refractivity contribution in [3.8, 4) is 0 Å². The minimum absolute atomic E-state index is 0.133. The average molecular weight is 270 g/mol. The van der Waals surface area contributed by atoms with Crippen LogP contribution in [-0.2, 0) is 4.74 Å². The molecule has 1 aromatic carbocycles. The molecule has 0 bridgehead atoms. The van der Waals surface area contributed by atoms with Gasteiger partial charge in [-0.2, -0.15) is 0 Å². The van der Waals surface area contributed by atoms with Crippen LogP contribution in [0, 0.1) is 11.6 Å². The predicted octanol–water partition coefficient (Wildman–Crippen LogP) is 1.15. The molecule has 1 amide bonds. The van der Waals surface area contributed by atoms with Crippen molar-refractivity contribution in [2.24, 2.45) is 5.73 Å². The molecule has 1 aliphatic heterocycles. The average Bonchev–Trinajstić information content (AvgIpc) is 2.38. The van der Waals surface area contributed by atoms with Crippen LogP contribution >= 0.6 is 0 Å². The van der Waals surface area contributed by atoms with Gasteiger partial charge in [0.2, 0.25) is 0 Å². The van der Waals surface area contributed by atoms with E-state index in [1.54, 1.807) is 6.92 Å². The van der Waals surface area contributed by atoms with Gasteiger partial charge in [-0.1, -0.05) is 0 Å². The van der Waals surface area contributed by atoms with Gasteiger partial charge in [0.25, 0.3) is 5.91 Å². The third-order valence-electron chi connectivity index (χ3n) is 3.13. The number of benzene rings is 1. The second-order valence-corrected chi connectivity index (χ2v) is 4.64. The number of nitrogens with two attached hydrogens (primary N) is 1. The summed E-state index contributed by atoms with van der Waals surface area (Å²) in [6.07, 6.45) is -0.263. The summed E-state index contributed by atoms with van der Waals surface area (Å²) in [5.74, 6) is -2.02. The van der Waals surface area contributed by atoms with E-state index in [4.69, 9.17) is 10.5 Å². The van der Waals surface area contributed by atoms with Gasteiger partial charge in [-0.3, -0.25) is 4.79 Å². The summed E-state index contributed by atoms with van der Waals surface area (Å²) in [4.78, 5) is 13.6. The van der Waals surface area contributed by atoms with E-state index >= 15 is 0 Å². The summed E-state index contributed by atoms with van der Waals surface area (Å²) in [7, 11) is 0. The van der Waals surface area contributed by atoms with Crippen LogP contribution in [0.25, 0.3) is 0 Å². The number of carbonyl (C=O) groups is 1. The highest BCUT2D eigenvalue weighted by Gasteiger charge is 2.28. The first-order valence-electron chi connectivity index (χ1n) is 6.10. The number of hydrogen-bond acceptors (Lipinski definition) is 3. The molecule has 1 heterocycles. The molecule has 19 heavy (non-hydrogen) atoms. The summed E-state index contributed by atoms with van der Waals surface area (Å²) < 4.78 is 31.8. The molecule has 0 aromatic heterocycles. The van der Waals surface area contributed by atoms with E-state index in [-0.39, 0.29) is 17.7 Å². The van der Waals surface area contributed by atoms with Crippen molar-refractivity contribution >= 4 is 5.91 Å². The standard InChI is InChI=1S/C13H16F2N2O2/c1-8(16)12-7-17(4-5-19-12)13(18)10-3-2-9(14)6-11(10)15/h2-3,6,8,12H,4-5,7,16H2,1H3/t8-,12+/m0/s1. The molecule has 0 saturated carbocycles. The molecule has 1 saturated heterocycles. The van der Waals surface area contributed by atoms with Gasteiger partial charge in [0.15, 0.2) is 0 Å². The van der Waals surface area contributed by atoms with Gasteiger partial charge in [0.05, 0.1) is 18.3 Å². The van der Waals surface area contributed by atoms with Crippen LogP contribution in [0.3, 0.4) is 0 Å². The van der Waals surface area contributed by atoms with Gasteiger partial charge >= 0.3 is 0 Å². The molecular weight excluding hydrogens is 254 g/mol. The Balaban J connectivity index is 2.15. The molecule has 2 rings (SSSR count). The predicted molar refractivity (Wildman–Crippen MR) is 65.7 cm³/mol. The number of morpholine rings is 1. The minimum Gasteiger partial charge on any atom is -0.373 e. The Labute approximate surface area is 110 Å². The van der Waals surface area contributed by atoms with E-state index in [1.165, 1.54) is 4.90 Å². The third-order valence-corrected chi connectivity index (χ3v) is 3.13. The zero-order valence-electron chi connectivity index (χ0n) is 10.6. The summed E-state index contributed by atoms with van der Waals surface area (Å²) >= 11 is 0. The highest BCUT2D eigenvalue weighted by Crippen LogP contribution is 2.15. The highest BCUT2D eigenvalue weighted by atomic mass is 19.1. The van der Waals surface area contributed by atoms with Crippen LogP contribution in [0.15, 0.2) is 18.2 Å². The number of halogens is 2. The van der Waals surface area contributed by atoms with Crippen molar-refractivity contribution in [3.63, 3.8) is 0 Å². The number of nitrogens with zero attached hydrogens (tertiary/aromatic N) is 1. The van der Waals surface area contributed by atoms with Crippen molar-refractivity contribution in [1.29, 1.82) is 0 Å². The summed E-state index contributed by atoms with van der Waals surface area (Å²) in [5.41, 5.74) is 5.60. The maximum Gasteiger partial charge on any atom is 0.257 e. The molecule has 1 aliphatic rings. The molecule has 0 spiro atoms. The lowest BCUT2D eigenvalue weighted by Crippen LogP contribution is -2.51. The second kappa shape index (κ2) is 5.63. The fraction of sp³-hybridized carbons (Fsp3) is 0.462. The molecule has 0 radical (unpaired) electrons. The Kier molecular flexibility index (Phi) is 4.11. The van der Waals surface area contributed by atoms with Crippen LogP contribution in [0.5, 0.6) is 0 Å². The smallest absolute Gasteiger partial charge is 0.257 e. The molecule has 1 aromatic rings. The molecule has 6 heteroatoms. The first-order chi connectivity index (χ1) is 8.99. The molecule has 2 atom stereocenters. The number of amides is 1. The number of carbonyl (C=O) groups excluding carboxylic acids is 1. The first kappa shape index (κ1) is 13.9. The molecule has 4 nitrogen and oxygen atoms in total. The van der Waals surface area contributed by atoms with Gasteiger partial charge < -0.3 is 15.4 Å². The van der Waals surface area contributed by atoms with E-state index < -0.39 is 17.5 Å². The SMILES string of the molecule is C[C@H](N)[C@H]1CN(C(=O)c2ccc(F)cc2F)CCO1. The van der Waals surface area contributed by atoms with Crippen molar-refractivity contribution in [1.82, 2.24) is 4.90 Å². The van der Waals surface area contributed by atoms with Crippen molar-refractivity contribution in [2.45, 2.75) is 19.1 Å². The first-order valence-corrected chi connectivity index (χ1v) is 6.10. The van der Waals surface area contributed by atoms with Gasteiger partial charge in [-0.05, 0) is 19.1 Å². The summed E-state index contributed by atoms with van der Waals surface area (Å²) in [6.45, 7) is 2.84. The number of hydrogen-bond donors (Lipinski definition) is 1. The zero-order valence-corrected chi connectivity index (χ0v) is 10.6. The fourth-order valence-corrected chi connectivity index (χ4v) is 2.01. The topological polar surface area (TPSA) is 55.6 Å². The molecular formula is C13H16F2N2O2. The Morgan fingerprint density at radius 3 is 2.89 bits per heavy atom. The maximum absolute atomic E-state index is 13.6. The van der Waals surface area contributed by atoms with Gasteiger partial charge in [0, 0.05) is 25.2 Å². The lowest BCUT2D eigenvalue weighted by Gasteiger charge is -2.34. The van der Waals surface area contributed by atoms with Gasteiger partial charge in [-0.25, -0.2) is 8.78 Å². The van der Waals surface area contributed by atoms with E-state index in [0.717, 1.165) is 12.1 Å². The van der Waals surface area contributed by atoms with Crippen LogP contribution in [0.1, 0.15) is 17.3 Å². The van der Waals surface area contributed by atoms with E-state index in [0.29, 0.717) is 25.8 Å². The molecule has 1 fully saturated rings. The normalized spacial score (nSPS) is 21.3. The Morgan fingerprint density at radius 1 is 1.53 bits per heavy atom. The van der Waals surface area contributed by atoms with Crippen molar-refractivity contribution < 1.29 is 18.3 Å². The Bertz CT molecular complexity index is 480. The van der Waals surface area contributed by atoms with Crippen molar-refractivity contribution in [3.05, 3.63) is 35.4 Å². The zero-order chi connectivity index (χ0) is 14.0. The number of rotatable bonds is 2. The molecule has 2 N–H and O–H groups in total. The highest BCUT2D eigenvalue weighted by molar-refractivity contribution is 5.94. The van der Waals surface area contributed by atoms with Crippen LogP contribution in [0.4, 0.5) is 8.78 Å². The summed E-state index contributed by atoms with van der Waals surface area (Å²) in [5, 5.41) is 0. The molecule has 0 aliphatic carbocycles. The molecule has 104 valence electrons. The van der Waals surface area contributed by atoms with Gasteiger partial charge in [0.1, 0.15) is 11.6 Å². The largest absolute Gasteiger partial charge is 0.373 e. The second-order valence-electron chi connectivity index (χ2n) is 4.64. The lowest BCUT2D eigenvalue weighted by atomic mass is 10.1. The molecule has 0 unspecified atom stereocenters. The Hall–Kier alpha value is -1.53. The number of ether oxygens (including phenoxy) is 1. The van der Waals surface area contributed by atoms with E-state index in [9.17, 15) is 13.6 Å². The van der Waals surface area contributed by atoms with Crippen LogP contribution in [0.2, 0.25) is 0 Å². The third kappa shape index (κ3) is 3.08. The van der Waals surface area contributed by atoms with Crippen LogP contribution < -0.4 is 5.73 Å². The Morgan fingerprint density at radius 2 is 2.26 bits per heavy atom. The minimum atomic E-state index is -0.853. The van der Waals surface area contributed by atoms with Gasteiger partial charge in [-0.15, -0.1) is 0 Å².